The quantitative estimate of drug-likeness (QED) is 0.838. The van der Waals surface area contributed by atoms with E-state index in [9.17, 15) is 5.11 Å². The van der Waals surface area contributed by atoms with Crippen LogP contribution in [0, 0.1) is 0 Å². The van der Waals surface area contributed by atoms with E-state index in [1.165, 1.54) is 11.1 Å². The smallest absolute Gasteiger partial charge is 0.0826 e. The normalized spacial score (nSPS) is 26.2. The third-order valence-corrected chi connectivity index (χ3v) is 3.49. The highest BCUT2D eigenvalue weighted by atomic mass is 16.3. The average Bonchev–Trinajstić information content (AvgIpc) is 2.59. The molecule has 2 rings (SSSR count). The van der Waals surface area contributed by atoms with Gasteiger partial charge in [-0.05, 0) is 31.0 Å². The van der Waals surface area contributed by atoms with Crippen molar-refractivity contribution < 1.29 is 5.11 Å². The first kappa shape index (κ1) is 11.6. The molecule has 1 heterocycles. The maximum Gasteiger partial charge on any atom is 0.0826 e. The molecule has 1 fully saturated rings. The van der Waals surface area contributed by atoms with E-state index in [2.05, 4.69) is 43.1 Å². The van der Waals surface area contributed by atoms with Crippen molar-refractivity contribution >= 4 is 0 Å². The van der Waals surface area contributed by atoms with Gasteiger partial charge >= 0.3 is 0 Å². The van der Waals surface area contributed by atoms with Crippen molar-refractivity contribution in [3.05, 3.63) is 35.4 Å². The van der Waals surface area contributed by atoms with Gasteiger partial charge in [-0.15, -0.1) is 0 Å². The maximum absolute atomic E-state index is 10.4. The van der Waals surface area contributed by atoms with Crippen LogP contribution in [-0.2, 0) is 12.8 Å². The lowest BCUT2D eigenvalue weighted by atomic mass is 9.93. The van der Waals surface area contributed by atoms with E-state index in [1.54, 1.807) is 0 Å². The van der Waals surface area contributed by atoms with E-state index in [4.69, 9.17) is 0 Å². The number of likely N-dealkylation sites (tertiary alicyclic amines) is 1. The molecule has 1 atom stereocenters. The Bertz CT molecular complexity index is 346. The van der Waals surface area contributed by atoms with Crippen LogP contribution in [0.4, 0.5) is 0 Å². The van der Waals surface area contributed by atoms with E-state index >= 15 is 0 Å². The van der Waals surface area contributed by atoms with Gasteiger partial charge in [0.25, 0.3) is 0 Å². The molecular weight excluding hydrogens is 198 g/mol. The molecule has 1 N–H and O–H groups in total. The zero-order valence-corrected chi connectivity index (χ0v) is 10.2. The van der Waals surface area contributed by atoms with E-state index in [0.29, 0.717) is 0 Å². The molecule has 1 aliphatic heterocycles. The number of nitrogens with zero attached hydrogens (tertiary/aromatic N) is 1. The fourth-order valence-corrected chi connectivity index (χ4v) is 2.48. The predicted octanol–water partition coefficient (Wildman–Crippen LogP) is 1.86. The molecule has 0 aromatic heterocycles. The Morgan fingerprint density at radius 3 is 2.38 bits per heavy atom. The number of aryl methyl sites for hydroxylation is 1. The predicted molar refractivity (Wildman–Crippen MR) is 66.6 cm³/mol. The van der Waals surface area contributed by atoms with Gasteiger partial charge in [-0.1, -0.05) is 31.2 Å². The summed E-state index contributed by atoms with van der Waals surface area (Å²) in [5.74, 6) is 0. The Morgan fingerprint density at radius 2 is 1.88 bits per heavy atom. The summed E-state index contributed by atoms with van der Waals surface area (Å²) >= 11 is 0. The van der Waals surface area contributed by atoms with E-state index in [1.807, 2.05) is 0 Å². The van der Waals surface area contributed by atoms with Crippen LogP contribution in [0.3, 0.4) is 0 Å². The second kappa shape index (κ2) is 4.56. The largest absolute Gasteiger partial charge is 0.388 e. The lowest BCUT2D eigenvalue weighted by Gasteiger charge is -2.22. The summed E-state index contributed by atoms with van der Waals surface area (Å²) < 4.78 is 0. The molecule has 1 aromatic rings. The van der Waals surface area contributed by atoms with Crippen molar-refractivity contribution in [2.45, 2.75) is 31.8 Å². The van der Waals surface area contributed by atoms with Crippen LogP contribution in [-0.4, -0.2) is 35.7 Å². The second-order valence-corrected chi connectivity index (χ2v) is 5.06. The van der Waals surface area contributed by atoms with Crippen LogP contribution in [0.5, 0.6) is 0 Å². The zero-order chi connectivity index (χ0) is 11.6. The van der Waals surface area contributed by atoms with Gasteiger partial charge < -0.3 is 10.0 Å². The number of rotatable bonds is 3. The lowest BCUT2D eigenvalue weighted by Crippen LogP contribution is -2.34. The van der Waals surface area contributed by atoms with Crippen LogP contribution in [0.2, 0.25) is 0 Å². The molecule has 0 spiro atoms. The van der Waals surface area contributed by atoms with Gasteiger partial charge in [-0.3, -0.25) is 0 Å². The molecule has 0 bridgehead atoms. The Morgan fingerprint density at radius 1 is 1.25 bits per heavy atom. The Kier molecular flexibility index (Phi) is 3.31. The first-order valence-electron chi connectivity index (χ1n) is 6.10. The van der Waals surface area contributed by atoms with Crippen molar-refractivity contribution in [3.8, 4) is 0 Å². The standard InChI is InChI=1S/C14H21NO/c1-3-12-4-6-13(7-5-12)10-14(16)8-9-15(2)11-14/h4-7,16H,3,8-11H2,1-2H3. The first-order chi connectivity index (χ1) is 7.61. The lowest BCUT2D eigenvalue weighted by molar-refractivity contribution is 0.0523. The highest BCUT2D eigenvalue weighted by Crippen LogP contribution is 2.24. The number of likely N-dealkylation sites (N-methyl/N-ethyl adjacent to an activating group) is 1. The summed E-state index contributed by atoms with van der Waals surface area (Å²) in [6.07, 6.45) is 2.74. The first-order valence-corrected chi connectivity index (χ1v) is 6.10. The minimum Gasteiger partial charge on any atom is -0.388 e. The Balaban J connectivity index is 2.03. The van der Waals surface area contributed by atoms with Crippen LogP contribution in [0.15, 0.2) is 24.3 Å². The van der Waals surface area contributed by atoms with Gasteiger partial charge in [0, 0.05) is 19.5 Å². The van der Waals surface area contributed by atoms with E-state index in [-0.39, 0.29) is 0 Å². The van der Waals surface area contributed by atoms with Gasteiger partial charge in [0.05, 0.1) is 5.60 Å². The molecule has 0 saturated carbocycles. The molecule has 1 aliphatic rings. The summed E-state index contributed by atoms with van der Waals surface area (Å²) in [7, 11) is 2.07. The number of aliphatic hydroxyl groups is 1. The molecule has 0 amide bonds. The second-order valence-electron chi connectivity index (χ2n) is 5.06. The minimum absolute atomic E-state index is 0.511. The van der Waals surface area contributed by atoms with E-state index in [0.717, 1.165) is 32.4 Å². The molecule has 2 heteroatoms. The molecule has 16 heavy (non-hydrogen) atoms. The SMILES string of the molecule is CCc1ccc(CC2(O)CCN(C)C2)cc1. The number of benzene rings is 1. The summed E-state index contributed by atoms with van der Waals surface area (Å²) in [5.41, 5.74) is 2.09. The van der Waals surface area contributed by atoms with Crippen LogP contribution in [0.1, 0.15) is 24.5 Å². The summed E-state index contributed by atoms with van der Waals surface area (Å²) in [6.45, 7) is 3.96. The van der Waals surface area contributed by atoms with Gasteiger partial charge in [-0.2, -0.15) is 0 Å². The molecule has 1 unspecified atom stereocenters. The maximum atomic E-state index is 10.4. The van der Waals surface area contributed by atoms with Crippen LogP contribution < -0.4 is 0 Å². The van der Waals surface area contributed by atoms with Gasteiger partial charge in [-0.25, -0.2) is 0 Å². The van der Waals surface area contributed by atoms with Gasteiger partial charge in [0.2, 0.25) is 0 Å². The van der Waals surface area contributed by atoms with Crippen molar-refractivity contribution in [3.63, 3.8) is 0 Å². The molecule has 88 valence electrons. The van der Waals surface area contributed by atoms with Crippen LogP contribution >= 0.6 is 0 Å². The Hall–Kier alpha value is -0.860. The Labute approximate surface area is 97.9 Å². The topological polar surface area (TPSA) is 23.5 Å². The van der Waals surface area contributed by atoms with Crippen LogP contribution in [0.25, 0.3) is 0 Å². The van der Waals surface area contributed by atoms with Gasteiger partial charge in [0.1, 0.15) is 0 Å². The summed E-state index contributed by atoms with van der Waals surface area (Å²) in [6, 6.07) is 8.62. The minimum atomic E-state index is -0.511. The summed E-state index contributed by atoms with van der Waals surface area (Å²) in [4.78, 5) is 2.19. The third kappa shape index (κ3) is 2.63. The fourth-order valence-electron chi connectivity index (χ4n) is 2.48. The molecular formula is C14H21NO. The molecule has 0 radical (unpaired) electrons. The van der Waals surface area contributed by atoms with Crippen molar-refractivity contribution in [1.29, 1.82) is 0 Å². The zero-order valence-electron chi connectivity index (χ0n) is 10.2. The van der Waals surface area contributed by atoms with Crippen molar-refractivity contribution in [1.82, 2.24) is 4.90 Å². The van der Waals surface area contributed by atoms with Crippen molar-refractivity contribution in [2.75, 3.05) is 20.1 Å². The fraction of sp³-hybridized carbons (Fsp3) is 0.571. The van der Waals surface area contributed by atoms with E-state index < -0.39 is 5.60 Å². The number of hydrogen-bond donors (Lipinski definition) is 1. The van der Waals surface area contributed by atoms with Crippen molar-refractivity contribution in [2.24, 2.45) is 0 Å². The highest BCUT2D eigenvalue weighted by Gasteiger charge is 2.34. The number of hydrogen-bond acceptors (Lipinski definition) is 2. The number of β-amino-alcohol motifs (C(OH)–C–C–N with tert-alkyl or cyclic N) is 1. The average molecular weight is 219 g/mol. The monoisotopic (exact) mass is 219 g/mol. The molecule has 0 aliphatic carbocycles. The molecule has 1 saturated heterocycles. The highest BCUT2D eigenvalue weighted by molar-refractivity contribution is 5.24. The molecule has 1 aromatic carbocycles. The van der Waals surface area contributed by atoms with Gasteiger partial charge in [0.15, 0.2) is 0 Å². The summed E-state index contributed by atoms with van der Waals surface area (Å²) in [5, 5.41) is 10.4. The molecule has 2 nitrogen and oxygen atoms in total. The third-order valence-electron chi connectivity index (χ3n) is 3.49.